The van der Waals surface area contributed by atoms with Crippen molar-refractivity contribution in [1.82, 2.24) is 4.98 Å². The van der Waals surface area contributed by atoms with Crippen molar-refractivity contribution >= 4 is 5.69 Å². The molecule has 2 aromatic rings. The van der Waals surface area contributed by atoms with E-state index in [4.69, 9.17) is 4.42 Å². The maximum atomic E-state index is 5.28. The second kappa shape index (κ2) is 4.00. The Morgan fingerprint density at radius 3 is 2.94 bits per heavy atom. The van der Waals surface area contributed by atoms with Crippen LogP contribution >= 0.6 is 0 Å². The van der Waals surface area contributed by atoms with Gasteiger partial charge in [-0.15, -0.1) is 0 Å². The van der Waals surface area contributed by atoms with Crippen molar-refractivity contribution in [3.05, 3.63) is 36.9 Å². The highest BCUT2D eigenvalue weighted by Gasteiger charge is 2.16. The first-order chi connectivity index (χ1) is 7.92. The molecule has 16 heavy (non-hydrogen) atoms. The Morgan fingerprint density at radius 1 is 1.31 bits per heavy atom. The van der Waals surface area contributed by atoms with Crippen LogP contribution in [0, 0.1) is 0 Å². The Kier molecular flexibility index (Phi) is 2.37. The third-order valence-electron chi connectivity index (χ3n) is 3.06. The third kappa shape index (κ3) is 1.81. The zero-order valence-electron chi connectivity index (χ0n) is 9.02. The van der Waals surface area contributed by atoms with Gasteiger partial charge in [-0.25, -0.2) is 4.98 Å². The molecule has 0 saturated heterocycles. The Bertz CT molecular complexity index is 461. The molecule has 0 spiro atoms. The molecule has 3 rings (SSSR count). The largest absolute Gasteiger partial charge is 0.444 e. The molecule has 1 N–H and O–H groups in total. The minimum absolute atomic E-state index is 0.657. The highest BCUT2D eigenvalue weighted by molar-refractivity contribution is 5.63. The fourth-order valence-electron chi connectivity index (χ4n) is 1.91. The lowest BCUT2D eigenvalue weighted by atomic mass is 9.93. The molecule has 0 atom stereocenters. The second-order valence-electron chi connectivity index (χ2n) is 4.22. The van der Waals surface area contributed by atoms with Crippen LogP contribution in [0.1, 0.15) is 19.3 Å². The normalized spacial score (nSPS) is 15.8. The summed E-state index contributed by atoms with van der Waals surface area (Å²) in [5, 5.41) is 3.52. The van der Waals surface area contributed by atoms with Crippen LogP contribution in [0.3, 0.4) is 0 Å². The summed E-state index contributed by atoms with van der Waals surface area (Å²) in [6.07, 6.45) is 7.11. The van der Waals surface area contributed by atoms with E-state index in [1.54, 1.807) is 6.20 Å². The smallest absolute Gasteiger partial charge is 0.181 e. The van der Waals surface area contributed by atoms with Gasteiger partial charge in [0.05, 0.1) is 6.20 Å². The van der Waals surface area contributed by atoms with E-state index in [9.17, 15) is 0 Å². The first kappa shape index (κ1) is 9.46. The molecule has 0 bridgehead atoms. The van der Waals surface area contributed by atoms with Crippen LogP contribution in [0.15, 0.2) is 41.3 Å². The highest BCUT2D eigenvalue weighted by atomic mass is 16.3. The fraction of sp³-hybridized carbons (Fsp3) is 0.308. The molecule has 0 aliphatic heterocycles. The lowest BCUT2D eigenvalue weighted by Gasteiger charge is -2.27. The van der Waals surface area contributed by atoms with Gasteiger partial charge in [0.15, 0.2) is 12.2 Å². The number of nitrogens with one attached hydrogen (secondary N) is 1. The molecule has 1 saturated carbocycles. The minimum Gasteiger partial charge on any atom is -0.444 e. The molecule has 0 radical (unpaired) electrons. The summed E-state index contributed by atoms with van der Waals surface area (Å²) in [7, 11) is 0. The van der Waals surface area contributed by atoms with E-state index < -0.39 is 0 Å². The Hall–Kier alpha value is -1.77. The molecule has 1 fully saturated rings. The summed E-state index contributed by atoms with van der Waals surface area (Å²) in [6.45, 7) is 0. The zero-order chi connectivity index (χ0) is 10.8. The van der Waals surface area contributed by atoms with Gasteiger partial charge in [0.25, 0.3) is 0 Å². The summed E-state index contributed by atoms with van der Waals surface area (Å²) in [6, 6.07) is 8.94. The molecule has 3 heteroatoms. The number of hydrogen-bond acceptors (Lipinski definition) is 3. The van der Waals surface area contributed by atoms with E-state index in [2.05, 4.69) is 22.4 Å². The van der Waals surface area contributed by atoms with Crippen LogP contribution in [-0.2, 0) is 0 Å². The molecule has 3 nitrogen and oxygen atoms in total. The molecular formula is C13H14N2O. The van der Waals surface area contributed by atoms with Crippen molar-refractivity contribution in [2.24, 2.45) is 0 Å². The van der Waals surface area contributed by atoms with Gasteiger partial charge in [0, 0.05) is 17.3 Å². The molecule has 1 aliphatic rings. The summed E-state index contributed by atoms with van der Waals surface area (Å²) in [5.41, 5.74) is 2.24. The predicted octanol–water partition coefficient (Wildman–Crippen LogP) is 3.31. The van der Waals surface area contributed by atoms with Crippen LogP contribution in [-0.4, -0.2) is 11.0 Å². The maximum Gasteiger partial charge on any atom is 0.181 e. The lowest BCUT2D eigenvalue weighted by molar-refractivity contribution is 0.445. The van der Waals surface area contributed by atoms with E-state index in [0.29, 0.717) is 6.04 Å². The average Bonchev–Trinajstić information content (AvgIpc) is 2.77. The zero-order valence-corrected chi connectivity index (χ0v) is 9.02. The molecule has 0 amide bonds. The average molecular weight is 214 g/mol. The Labute approximate surface area is 94.5 Å². The lowest BCUT2D eigenvalue weighted by Crippen LogP contribution is -2.26. The number of anilines is 1. The fourth-order valence-corrected chi connectivity index (χ4v) is 1.91. The van der Waals surface area contributed by atoms with Gasteiger partial charge in [0.2, 0.25) is 0 Å². The minimum atomic E-state index is 0.657. The summed E-state index contributed by atoms with van der Waals surface area (Å²) in [5.74, 6) is 0.817. The first-order valence-electron chi connectivity index (χ1n) is 5.67. The van der Waals surface area contributed by atoms with E-state index in [1.807, 2.05) is 12.1 Å². The van der Waals surface area contributed by atoms with Crippen molar-refractivity contribution < 1.29 is 4.42 Å². The van der Waals surface area contributed by atoms with E-state index >= 15 is 0 Å². The van der Waals surface area contributed by atoms with E-state index in [1.165, 1.54) is 31.3 Å². The molecule has 0 unspecified atom stereocenters. The van der Waals surface area contributed by atoms with Gasteiger partial charge in [0.1, 0.15) is 0 Å². The quantitative estimate of drug-likeness (QED) is 0.851. The van der Waals surface area contributed by atoms with Crippen LogP contribution in [0.5, 0.6) is 0 Å². The third-order valence-corrected chi connectivity index (χ3v) is 3.06. The number of aromatic nitrogens is 1. The SMILES string of the molecule is c1cc(NC2CCC2)cc(-c2cnco2)c1. The molecule has 1 heterocycles. The highest BCUT2D eigenvalue weighted by Crippen LogP contribution is 2.26. The van der Waals surface area contributed by atoms with Gasteiger partial charge in [-0.1, -0.05) is 12.1 Å². The predicted molar refractivity (Wildman–Crippen MR) is 63.2 cm³/mol. The number of hydrogen-bond donors (Lipinski definition) is 1. The Morgan fingerprint density at radius 2 is 2.25 bits per heavy atom. The van der Waals surface area contributed by atoms with Crippen molar-refractivity contribution in [3.8, 4) is 11.3 Å². The van der Waals surface area contributed by atoms with Gasteiger partial charge in [-0.3, -0.25) is 0 Å². The van der Waals surface area contributed by atoms with Crippen molar-refractivity contribution in [1.29, 1.82) is 0 Å². The van der Waals surface area contributed by atoms with Gasteiger partial charge in [-0.2, -0.15) is 0 Å². The number of benzene rings is 1. The molecule has 1 aliphatic carbocycles. The molecule has 82 valence electrons. The number of oxazole rings is 1. The van der Waals surface area contributed by atoms with Crippen LogP contribution in [0.25, 0.3) is 11.3 Å². The first-order valence-corrected chi connectivity index (χ1v) is 5.67. The van der Waals surface area contributed by atoms with Crippen LogP contribution in [0.4, 0.5) is 5.69 Å². The summed E-state index contributed by atoms with van der Waals surface area (Å²) in [4.78, 5) is 3.93. The van der Waals surface area contributed by atoms with Crippen molar-refractivity contribution in [2.75, 3.05) is 5.32 Å². The molecule has 1 aromatic heterocycles. The monoisotopic (exact) mass is 214 g/mol. The summed E-state index contributed by atoms with van der Waals surface area (Å²) < 4.78 is 5.28. The van der Waals surface area contributed by atoms with Crippen molar-refractivity contribution in [3.63, 3.8) is 0 Å². The maximum absolute atomic E-state index is 5.28. The van der Waals surface area contributed by atoms with Gasteiger partial charge < -0.3 is 9.73 Å². The van der Waals surface area contributed by atoms with Crippen LogP contribution in [0.2, 0.25) is 0 Å². The van der Waals surface area contributed by atoms with E-state index in [-0.39, 0.29) is 0 Å². The van der Waals surface area contributed by atoms with Gasteiger partial charge in [-0.05, 0) is 31.4 Å². The summed E-state index contributed by atoms with van der Waals surface area (Å²) >= 11 is 0. The number of rotatable bonds is 3. The molecule has 1 aromatic carbocycles. The molecular weight excluding hydrogens is 200 g/mol. The standard InChI is InChI=1S/C13H14N2O/c1-3-10(13-8-14-9-16-13)7-12(6-1)15-11-4-2-5-11/h1,3,6-9,11,15H,2,4-5H2. The topological polar surface area (TPSA) is 38.1 Å². The van der Waals surface area contributed by atoms with Gasteiger partial charge >= 0.3 is 0 Å². The van der Waals surface area contributed by atoms with Crippen LogP contribution < -0.4 is 5.32 Å². The number of nitrogens with zero attached hydrogens (tertiary/aromatic N) is 1. The van der Waals surface area contributed by atoms with E-state index in [0.717, 1.165) is 11.3 Å². The van der Waals surface area contributed by atoms with Crippen molar-refractivity contribution in [2.45, 2.75) is 25.3 Å². The Balaban J connectivity index is 1.82. The second-order valence-corrected chi connectivity index (χ2v) is 4.22.